The minimum atomic E-state index is -0.971. The number of piperazine rings is 1. The lowest BCUT2D eigenvalue weighted by atomic mass is 9.72. The Hall–Kier alpha value is -2.54. The van der Waals surface area contributed by atoms with Gasteiger partial charge in [-0.1, -0.05) is 72.8 Å². The summed E-state index contributed by atoms with van der Waals surface area (Å²) in [6.45, 7) is 7.25. The zero-order valence-electron chi connectivity index (χ0n) is 22.8. The van der Waals surface area contributed by atoms with Gasteiger partial charge in [-0.2, -0.15) is 0 Å². The molecule has 0 amide bonds. The quantitative estimate of drug-likeness (QED) is 0.363. The van der Waals surface area contributed by atoms with E-state index in [2.05, 4.69) is 65.8 Å². The SMILES string of the molecule is C[N+]1(c2ccc(C(O)CCCN3CCC(C(O)(c4ccccc4)c4ccccc4)CC3)cc2)CCNCC1. The summed E-state index contributed by atoms with van der Waals surface area (Å²) in [4.78, 5) is 2.50. The highest BCUT2D eigenvalue weighted by Gasteiger charge is 2.41. The van der Waals surface area contributed by atoms with Crippen molar-refractivity contribution in [3.8, 4) is 0 Å². The molecule has 38 heavy (non-hydrogen) atoms. The van der Waals surface area contributed by atoms with E-state index in [0.29, 0.717) is 0 Å². The number of likely N-dealkylation sites (N-methyl/N-ethyl adjacent to an activating group) is 1. The first-order chi connectivity index (χ1) is 18.5. The van der Waals surface area contributed by atoms with Crippen molar-refractivity contribution in [1.82, 2.24) is 14.7 Å². The molecule has 2 aliphatic rings. The number of hydrogen-bond donors (Lipinski definition) is 3. The van der Waals surface area contributed by atoms with E-state index in [9.17, 15) is 10.2 Å². The zero-order valence-corrected chi connectivity index (χ0v) is 22.8. The van der Waals surface area contributed by atoms with Crippen LogP contribution in [0.4, 0.5) is 5.69 Å². The smallest absolute Gasteiger partial charge is 0.132 e. The molecule has 0 bridgehead atoms. The fraction of sp³-hybridized carbons (Fsp3) is 0.455. The molecule has 0 aromatic heterocycles. The Morgan fingerprint density at radius 1 is 0.868 bits per heavy atom. The van der Waals surface area contributed by atoms with Gasteiger partial charge in [0.25, 0.3) is 0 Å². The minimum Gasteiger partial charge on any atom is -0.388 e. The number of nitrogens with one attached hydrogen (secondary N) is 1. The summed E-state index contributed by atoms with van der Waals surface area (Å²) in [5.41, 5.74) is 3.33. The van der Waals surface area contributed by atoms with Crippen molar-refractivity contribution in [2.75, 3.05) is 52.9 Å². The standard InChI is InChI=1S/C33H44N3O2/c1-36(25-20-34-21-26-36)31-16-14-27(15-17-31)32(37)13-8-22-35-23-18-30(19-24-35)33(38,28-9-4-2-5-10-28)29-11-6-3-7-12-29/h2-7,9-12,14-17,30,32,34,37-38H,8,13,18-26H2,1H3/q+1. The van der Waals surface area contributed by atoms with Crippen LogP contribution in [-0.2, 0) is 5.60 Å². The highest BCUT2D eigenvalue weighted by molar-refractivity contribution is 5.45. The summed E-state index contributed by atoms with van der Waals surface area (Å²) in [5.74, 6) is 0.174. The van der Waals surface area contributed by atoms with E-state index in [0.717, 1.165) is 92.7 Å². The maximum Gasteiger partial charge on any atom is 0.132 e. The molecule has 3 aromatic rings. The number of piperidine rings is 1. The van der Waals surface area contributed by atoms with Crippen LogP contribution in [0.15, 0.2) is 84.9 Å². The average Bonchev–Trinajstić information content (AvgIpc) is 2.98. The van der Waals surface area contributed by atoms with Gasteiger partial charge < -0.3 is 20.4 Å². The predicted molar refractivity (Wildman–Crippen MR) is 156 cm³/mol. The second kappa shape index (κ2) is 12.1. The monoisotopic (exact) mass is 514 g/mol. The summed E-state index contributed by atoms with van der Waals surface area (Å²) in [7, 11) is 2.30. The summed E-state index contributed by atoms with van der Waals surface area (Å²) in [5, 5.41) is 26.4. The molecule has 3 N–H and O–H groups in total. The number of quaternary nitrogens is 1. The van der Waals surface area contributed by atoms with Crippen molar-refractivity contribution < 1.29 is 10.2 Å². The molecule has 2 aliphatic heterocycles. The molecule has 202 valence electrons. The van der Waals surface area contributed by atoms with Gasteiger partial charge in [0.05, 0.1) is 26.2 Å². The molecular formula is C33H44N3O2+. The summed E-state index contributed by atoms with van der Waals surface area (Å²) < 4.78 is 0.961. The van der Waals surface area contributed by atoms with Crippen LogP contribution in [0, 0.1) is 5.92 Å². The molecule has 5 rings (SSSR count). The van der Waals surface area contributed by atoms with Gasteiger partial charge in [-0.25, -0.2) is 0 Å². The van der Waals surface area contributed by atoms with Crippen LogP contribution in [0.2, 0.25) is 0 Å². The summed E-state index contributed by atoms with van der Waals surface area (Å²) in [6, 6.07) is 28.9. The van der Waals surface area contributed by atoms with Gasteiger partial charge in [0.15, 0.2) is 0 Å². The van der Waals surface area contributed by atoms with E-state index < -0.39 is 11.7 Å². The number of rotatable bonds is 9. The highest BCUT2D eigenvalue weighted by Crippen LogP contribution is 2.42. The fourth-order valence-corrected chi connectivity index (χ4v) is 6.47. The summed E-state index contributed by atoms with van der Waals surface area (Å²) in [6.07, 6.45) is 3.23. The number of nitrogens with zero attached hydrogens (tertiary/aromatic N) is 2. The Bertz CT molecular complexity index is 1080. The fourth-order valence-electron chi connectivity index (χ4n) is 6.47. The first-order valence-corrected chi connectivity index (χ1v) is 14.4. The molecule has 0 saturated carbocycles. The van der Waals surface area contributed by atoms with E-state index in [1.807, 2.05) is 36.4 Å². The number of aliphatic hydroxyl groups excluding tert-OH is 1. The third-order valence-electron chi connectivity index (χ3n) is 9.02. The third-order valence-corrected chi connectivity index (χ3v) is 9.02. The van der Waals surface area contributed by atoms with Crippen molar-refractivity contribution in [1.29, 1.82) is 0 Å². The Morgan fingerprint density at radius 3 is 1.97 bits per heavy atom. The lowest BCUT2D eigenvalue weighted by Crippen LogP contribution is -2.57. The molecular weight excluding hydrogens is 470 g/mol. The normalized spacial score (nSPS) is 19.8. The lowest BCUT2D eigenvalue weighted by Gasteiger charge is -2.42. The van der Waals surface area contributed by atoms with Crippen LogP contribution in [0.3, 0.4) is 0 Å². The number of hydrogen-bond acceptors (Lipinski definition) is 4. The van der Waals surface area contributed by atoms with Crippen molar-refractivity contribution in [2.45, 2.75) is 37.4 Å². The van der Waals surface area contributed by atoms with Gasteiger partial charge in [0.2, 0.25) is 0 Å². The van der Waals surface area contributed by atoms with E-state index in [4.69, 9.17) is 0 Å². The minimum absolute atomic E-state index is 0.174. The maximum absolute atomic E-state index is 12.1. The van der Waals surface area contributed by atoms with Crippen LogP contribution >= 0.6 is 0 Å². The number of likely N-dealkylation sites (tertiary alicyclic amines) is 1. The second-order valence-electron chi connectivity index (χ2n) is 11.5. The molecule has 2 saturated heterocycles. The predicted octanol–water partition coefficient (Wildman–Crippen LogP) is 4.69. The van der Waals surface area contributed by atoms with Gasteiger partial charge in [-0.3, -0.25) is 4.48 Å². The van der Waals surface area contributed by atoms with Gasteiger partial charge >= 0.3 is 0 Å². The molecule has 0 spiro atoms. The zero-order chi connectivity index (χ0) is 26.4. The van der Waals surface area contributed by atoms with Crippen LogP contribution in [0.5, 0.6) is 0 Å². The van der Waals surface area contributed by atoms with E-state index in [1.165, 1.54) is 5.69 Å². The van der Waals surface area contributed by atoms with E-state index in [-0.39, 0.29) is 5.92 Å². The van der Waals surface area contributed by atoms with Crippen LogP contribution in [0.25, 0.3) is 0 Å². The molecule has 0 radical (unpaired) electrons. The third kappa shape index (κ3) is 5.88. The van der Waals surface area contributed by atoms with Crippen LogP contribution in [-0.4, -0.2) is 68.0 Å². The number of benzene rings is 3. The molecule has 5 heteroatoms. The lowest BCUT2D eigenvalue weighted by molar-refractivity contribution is -0.0146. The van der Waals surface area contributed by atoms with Crippen molar-refractivity contribution >= 4 is 5.69 Å². The largest absolute Gasteiger partial charge is 0.388 e. The Kier molecular flexibility index (Phi) is 8.61. The van der Waals surface area contributed by atoms with Gasteiger partial charge in [0.1, 0.15) is 11.3 Å². The average molecular weight is 515 g/mol. The molecule has 1 atom stereocenters. The maximum atomic E-state index is 12.1. The van der Waals surface area contributed by atoms with Crippen LogP contribution in [0.1, 0.15) is 48.5 Å². The Labute approximate surface area is 228 Å². The van der Waals surface area contributed by atoms with Crippen molar-refractivity contribution in [2.24, 2.45) is 5.92 Å². The highest BCUT2D eigenvalue weighted by atomic mass is 16.3. The van der Waals surface area contributed by atoms with Crippen molar-refractivity contribution in [3.05, 3.63) is 102 Å². The molecule has 3 aromatic carbocycles. The first kappa shape index (κ1) is 27.0. The van der Waals surface area contributed by atoms with E-state index in [1.54, 1.807) is 0 Å². The molecule has 1 unspecified atom stereocenters. The molecule has 5 nitrogen and oxygen atoms in total. The van der Waals surface area contributed by atoms with Gasteiger partial charge in [-0.05, 0) is 80.1 Å². The second-order valence-corrected chi connectivity index (χ2v) is 11.5. The molecule has 2 fully saturated rings. The topological polar surface area (TPSA) is 55.7 Å². The summed E-state index contributed by atoms with van der Waals surface area (Å²) >= 11 is 0. The van der Waals surface area contributed by atoms with Crippen molar-refractivity contribution in [3.63, 3.8) is 0 Å². The van der Waals surface area contributed by atoms with Crippen LogP contribution < -0.4 is 9.80 Å². The molecule has 0 aliphatic carbocycles. The Morgan fingerprint density at radius 2 is 1.42 bits per heavy atom. The number of aliphatic hydroxyl groups is 2. The molecule has 2 heterocycles. The van der Waals surface area contributed by atoms with Gasteiger partial charge in [-0.15, -0.1) is 0 Å². The Balaban J connectivity index is 1.13. The van der Waals surface area contributed by atoms with Gasteiger partial charge in [0, 0.05) is 13.1 Å². The first-order valence-electron chi connectivity index (χ1n) is 14.4. The van der Waals surface area contributed by atoms with E-state index >= 15 is 0 Å².